The fourth-order valence-corrected chi connectivity index (χ4v) is 3.60. The average molecular weight is 456 g/mol. The molecule has 0 saturated heterocycles. The van der Waals surface area contributed by atoms with Gasteiger partial charge in [-0.25, -0.2) is 13.1 Å². The van der Waals surface area contributed by atoms with E-state index < -0.39 is 10.0 Å². The van der Waals surface area contributed by atoms with Crippen molar-refractivity contribution >= 4 is 15.9 Å². The number of hydrogen-bond donors (Lipinski definition) is 2. The van der Waals surface area contributed by atoms with E-state index in [1.54, 1.807) is 42.7 Å². The number of benzene rings is 2. The number of nitrogens with one attached hydrogen (secondary N) is 2. The summed E-state index contributed by atoms with van der Waals surface area (Å²) in [5, 5.41) is 2.83. The molecule has 0 aliphatic rings. The van der Waals surface area contributed by atoms with Crippen LogP contribution in [0.2, 0.25) is 0 Å². The predicted molar refractivity (Wildman–Crippen MR) is 120 cm³/mol. The van der Waals surface area contributed by atoms with Crippen LogP contribution in [0.25, 0.3) is 0 Å². The summed E-state index contributed by atoms with van der Waals surface area (Å²) in [7, 11) is -2.14. The molecule has 8 nitrogen and oxygen atoms in total. The molecule has 0 radical (unpaired) electrons. The Morgan fingerprint density at radius 2 is 1.66 bits per heavy atom. The molecule has 1 amide bonds. The number of carbonyl (C=O) groups excluding carboxylic acids is 1. The highest BCUT2D eigenvalue weighted by molar-refractivity contribution is 7.89. The highest BCUT2D eigenvalue weighted by Crippen LogP contribution is 2.29. The van der Waals surface area contributed by atoms with Crippen LogP contribution in [0.1, 0.15) is 28.4 Å². The third-order valence-corrected chi connectivity index (χ3v) is 6.04. The third kappa shape index (κ3) is 6.05. The van der Waals surface area contributed by atoms with Gasteiger partial charge in [0.25, 0.3) is 5.91 Å². The van der Waals surface area contributed by atoms with Crippen LogP contribution in [0.15, 0.2) is 71.9 Å². The van der Waals surface area contributed by atoms with Gasteiger partial charge in [0.05, 0.1) is 11.5 Å². The van der Waals surface area contributed by atoms with E-state index in [0.717, 1.165) is 11.1 Å². The van der Waals surface area contributed by atoms with E-state index in [1.165, 1.54) is 19.2 Å². The molecular weight excluding hydrogens is 430 g/mol. The van der Waals surface area contributed by atoms with Gasteiger partial charge in [0.1, 0.15) is 6.61 Å². The van der Waals surface area contributed by atoms with Crippen LogP contribution in [0.4, 0.5) is 0 Å². The fraction of sp³-hybridized carbons (Fsp3) is 0.217. The molecule has 3 aromatic rings. The van der Waals surface area contributed by atoms with Crippen LogP contribution in [0.3, 0.4) is 0 Å². The van der Waals surface area contributed by atoms with Gasteiger partial charge in [0.15, 0.2) is 11.5 Å². The smallest absolute Gasteiger partial charge is 0.251 e. The summed E-state index contributed by atoms with van der Waals surface area (Å²) in [6.07, 6.45) is 3.39. The molecule has 0 unspecified atom stereocenters. The molecule has 1 heterocycles. The summed E-state index contributed by atoms with van der Waals surface area (Å²) in [6, 6.07) is 15.1. The summed E-state index contributed by atoms with van der Waals surface area (Å²) in [4.78, 5) is 16.8. The minimum atomic E-state index is -3.49. The maximum absolute atomic E-state index is 12.6. The number of hydrogen-bond acceptors (Lipinski definition) is 6. The van der Waals surface area contributed by atoms with Crippen LogP contribution in [0.5, 0.6) is 11.5 Å². The lowest BCUT2D eigenvalue weighted by molar-refractivity contribution is 0.0950. The number of carbonyl (C=O) groups is 1. The zero-order chi connectivity index (χ0) is 23.0. The van der Waals surface area contributed by atoms with Crippen LogP contribution in [-0.4, -0.2) is 33.0 Å². The number of sulfonamides is 1. The summed E-state index contributed by atoms with van der Waals surface area (Å²) < 4.78 is 37.4. The summed E-state index contributed by atoms with van der Waals surface area (Å²) in [5.41, 5.74) is 2.17. The molecule has 2 N–H and O–H groups in total. The van der Waals surface area contributed by atoms with E-state index >= 15 is 0 Å². The topological polar surface area (TPSA) is 107 Å². The first kappa shape index (κ1) is 23.2. The molecule has 1 aromatic heterocycles. The van der Waals surface area contributed by atoms with Crippen molar-refractivity contribution in [2.24, 2.45) is 0 Å². The van der Waals surface area contributed by atoms with E-state index in [9.17, 15) is 13.2 Å². The lowest BCUT2D eigenvalue weighted by Gasteiger charge is -2.14. The molecule has 3 rings (SSSR count). The van der Waals surface area contributed by atoms with Crippen molar-refractivity contribution in [3.63, 3.8) is 0 Å². The van der Waals surface area contributed by atoms with Crippen molar-refractivity contribution in [1.29, 1.82) is 0 Å². The first-order chi connectivity index (χ1) is 15.4. The molecule has 2 aromatic carbocycles. The van der Waals surface area contributed by atoms with Crippen molar-refractivity contribution < 1.29 is 22.7 Å². The zero-order valence-corrected chi connectivity index (χ0v) is 18.7. The first-order valence-electron chi connectivity index (χ1n) is 10.0. The quantitative estimate of drug-likeness (QED) is 0.487. The largest absolute Gasteiger partial charge is 0.490 e. The van der Waals surface area contributed by atoms with E-state index in [4.69, 9.17) is 9.47 Å². The molecule has 168 valence electrons. The first-order valence-corrected chi connectivity index (χ1v) is 11.5. The van der Waals surface area contributed by atoms with Gasteiger partial charge < -0.3 is 14.8 Å². The average Bonchev–Trinajstić information content (AvgIpc) is 2.82. The van der Waals surface area contributed by atoms with Crippen molar-refractivity contribution in [2.75, 3.05) is 13.7 Å². The standard InChI is InChI=1S/C23H25N3O5S/c1-3-30-22-14-19(6-9-21(22)31-16-18-10-12-25-13-11-18)23(27)26-15-17-4-7-20(8-5-17)32(28,29)24-2/h4-14,24H,3,15-16H2,1-2H3,(H,26,27). The third-order valence-electron chi connectivity index (χ3n) is 4.60. The van der Waals surface area contributed by atoms with Crippen molar-refractivity contribution in [3.05, 3.63) is 83.7 Å². The number of rotatable bonds is 10. The minimum Gasteiger partial charge on any atom is -0.490 e. The molecule has 0 fully saturated rings. The second-order valence-corrected chi connectivity index (χ2v) is 8.66. The van der Waals surface area contributed by atoms with Crippen molar-refractivity contribution in [1.82, 2.24) is 15.0 Å². The molecule has 0 aliphatic heterocycles. The van der Waals surface area contributed by atoms with Crippen LogP contribution < -0.4 is 19.5 Å². The van der Waals surface area contributed by atoms with E-state index in [0.29, 0.717) is 30.3 Å². The van der Waals surface area contributed by atoms with Crippen LogP contribution >= 0.6 is 0 Å². The molecule has 0 aliphatic carbocycles. The summed E-state index contributed by atoms with van der Waals surface area (Å²) in [5.74, 6) is 0.746. The van der Waals surface area contributed by atoms with Crippen LogP contribution in [0, 0.1) is 0 Å². The molecule has 9 heteroatoms. The molecule has 0 atom stereocenters. The Kier molecular flexibility index (Phi) is 7.80. The Labute approximate surface area is 187 Å². The number of nitrogens with zero attached hydrogens (tertiary/aromatic N) is 1. The van der Waals surface area contributed by atoms with Gasteiger partial charge in [-0.3, -0.25) is 9.78 Å². The van der Waals surface area contributed by atoms with Gasteiger partial charge in [-0.15, -0.1) is 0 Å². The fourth-order valence-electron chi connectivity index (χ4n) is 2.87. The molecule has 0 spiro atoms. The van der Waals surface area contributed by atoms with Crippen molar-refractivity contribution in [2.45, 2.75) is 25.0 Å². The monoisotopic (exact) mass is 455 g/mol. The Morgan fingerprint density at radius 3 is 2.31 bits per heavy atom. The molecule has 32 heavy (non-hydrogen) atoms. The van der Waals surface area contributed by atoms with Gasteiger partial charge in [0, 0.05) is 24.5 Å². The van der Waals surface area contributed by atoms with E-state index in [2.05, 4.69) is 15.0 Å². The maximum atomic E-state index is 12.6. The van der Waals surface area contributed by atoms with E-state index in [-0.39, 0.29) is 17.3 Å². The molecule has 0 bridgehead atoms. The van der Waals surface area contributed by atoms with Gasteiger partial charge in [-0.05, 0) is 67.6 Å². The lowest BCUT2D eigenvalue weighted by Crippen LogP contribution is -2.23. The van der Waals surface area contributed by atoms with E-state index in [1.807, 2.05) is 19.1 Å². The van der Waals surface area contributed by atoms with Crippen LogP contribution in [-0.2, 0) is 23.2 Å². The van der Waals surface area contributed by atoms with Crippen molar-refractivity contribution in [3.8, 4) is 11.5 Å². The number of ether oxygens (including phenoxy) is 2. The van der Waals surface area contributed by atoms with Gasteiger partial charge in [0.2, 0.25) is 10.0 Å². The Balaban J connectivity index is 1.65. The highest BCUT2D eigenvalue weighted by atomic mass is 32.2. The lowest BCUT2D eigenvalue weighted by atomic mass is 10.1. The Bertz CT molecular complexity index is 1150. The normalized spacial score (nSPS) is 11.1. The predicted octanol–water partition coefficient (Wildman–Crippen LogP) is 2.90. The second kappa shape index (κ2) is 10.7. The maximum Gasteiger partial charge on any atom is 0.251 e. The zero-order valence-electron chi connectivity index (χ0n) is 17.9. The summed E-state index contributed by atoms with van der Waals surface area (Å²) >= 11 is 0. The minimum absolute atomic E-state index is 0.166. The van der Waals surface area contributed by atoms with Gasteiger partial charge in [-0.2, -0.15) is 0 Å². The highest BCUT2D eigenvalue weighted by Gasteiger charge is 2.13. The molecule has 0 saturated carbocycles. The number of amides is 1. The Morgan fingerprint density at radius 1 is 0.938 bits per heavy atom. The number of pyridine rings is 1. The van der Waals surface area contributed by atoms with Gasteiger partial charge in [-0.1, -0.05) is 12.1 Å². The number of aromatic nitrogens is 1. The SMILES string of the molecule is CCOc1cc(C(=O)NCc2ccc(S(=O)(=O)NC)cc2)ccc1OCc1ccncc1. The molecular formula is C23H25N3O5S. The van der Waals surface area contributed by atoms with Gasteiger partial charge >= 0.3 is 0 Å². The Hall–Kier alpha value is -3.43. The summed E-state index contributed by atoms with van der Waals surface area (Å²) in [6.45, 7) is 2.90. The second-order valence-electron chi connectivity index (χ2n) is 6.77.